The molecule has 5 aromatic rings. The highest BCUT2D eigenvalue weighted by molar-refractivity contribution is 8.76. The van der Waals surface area contributed by atoms with Crippen molar-refractivity contribution in [2.75, 3.05) is 56.3 Å². The first-order valence-corrected chi connectivity index (χ1v) is 47.3. The second kappa shape index (κ2) is 57.7. The molecule has 1 fully saturated rings. The summed E-state index contributed by atoms with van der Waals surface area (Å²) in [5, 5.41) is 187. The highest BCUT2D eigenvalue weighted by Gasteiger charge is 2.46. The van der Waals surface area contributed by atoms with Crippen molar-refractivity contribution in [1.29, 1.82) is 0 Å². The Labute approximate surface area is 808 Å². The molecule has 2 aromatic carbocycles. The van der Waals surface area contributed by atoms with Crippen LogP contribution < -0.4 is 80.4 Å². The maximum absolute atomic E-state index is 15.0. The van der Waals surface area contributed by atoms with E-state index in [2.05, 4.69) is 99.0 Å². The maximum atomic E-state index is 15.0. The van der Waals surface area contributed by atoms with E-state index < -0.39 is 327 Å². The number of nitrogens with zero attached hydrogens (tertiary/aromatic N) is 5. The zero-order chi connectivity index (χ0) is 103. The van der Waals surface area contributed by atoms with Crippen molar-refractivity contribution < 1.29 is 153 Å². The van der Waals surface area contributed by atoms with Gasteiger partial charge in [0.05, 0.1) is 86.7 Å². The number of carboxylic acid groups (broad SMARTS) is 2. The van der Waals surface area contributed by atoms with Crippen LogP contribution in [0.5, 0.6) is 0 Å². The second-order valence-electron chi connectivity index (χ2n) is 33.9. The quantitative estimate of drug-likeness (QED) is 0.0127. The van der Waals surface area contributed by atoms with Gasteiger partial charge in [-0.25, -0.2) is 15.0 Å². The lowest BCUT2D eigenvalue weighted by molar-refractivity contribution is -0.139. The lowest BCUT2D eigenvalue weighted by atomic mass is 9.74. The third-order valence-corrected chi connectivity index (χ3v) is 24.5. The third kappa shape index (κ3) is 38.3. The van der Waals surface area contributed by atoms with E-state index in [4.69, 9.17) is 15.0 Å². The van der Waals surface area contributed by atoms with Gasteiger partial charge >= 0.3 is 19.1 Å². The minimum Gasteiger partial charge on any atom is -0.481 e. The Bertz CT molecular complexity index is 5020. The van der Waals surface area contributed by atoms with Crippen LogP contribution in [0.25, 0.3) is 11.2 Å². The van der Waals surface area contributed by atoms with Crippen LogP contribution in [-0.4, -0.2) is 369 Å². The number of hydrogen-bond donors (Lipinski definition) is 30. The number of aliphatic hydroxyl groups is 13. The minimum absolute atomic E-state index is 0.0202. The number of nitrogens with one attached hydrogen (secondary N) is 14. The molecule has 55 heteroatoms. The number of aromatic amines is 1. The summed E-state index contributed by atoms with van der Waals surface area (Å²) in [4.78, 5) is 231. The molecule has 52 nitrogen and oxygen atoms in total. The molecule has 3 aliphatic rings. The van der Waals surface area contributed by atoms with E-state index in [1.807, 2.05) is 13.8 Å². The number of nitrogens with two attached hydrogens (primary N) is 1. The predicted molar refractivity (Wildman–Crippen MR) is 495 cm³/mol. The van der Waals surface area contributed by atoms with Crippen LogP contribution in [-0.2, 0) is 85.6 Å². The fraction of sp³-hybridized carbons (Fsp3) is 0.576. The number of nitrogen functional groups attached to an aromatic ring is 1. The number of aliphatic carboxylic acids is 2. The van der Waals surface area contributed by atoms with Crippen LogP contribution in [0.3, 0.4) is 0 Å². The van der Waals surface area contributed by atoms with Crippen molar-refractivity contribution in [2.24, 2.45) is 5.92 Å². The van der Waals surface area contributed by atoms with Crippen molar-refractivity contribution in [2.45, 2.75) is 257 Å². The summed E-state index contributed by atoms with van der Waals surface area (Å²) < 4.78 is 12.0. The Balaban J connectivity index is 1.12. The summed E-state index contributed by atoms with van der Waals surface area (Å²) in [5.41, 5.74) is 6.91. The largest absolute Gasteiger partial charge is 0.481 e. The molecule has 0 spiro atoms. The molecule has 0 aliphatic carbocycles. The summed E-state index contributed by atoms with van der Waals surface area (Å²) >= 11 is 0. The Morgan fingerprint density at radius 3 is 1.71 bits per heavy atom. The number of carbonyl (C=O) groups excluding carboxylic acids is 12. The average Bonchev–Trinajstić information content (AvgIpc) is 0.991. The van der Waals surface area contributed by atoms with Crippen LogP contribution in [0.1, 0.15) is 149 Å². The number of carboxylic acids is 2. The fourth-order valence-corrected chi connectivity index (χ4v) is 16.2. The molecule has 140 heavy (non-hydrogen) atoms. The van der Waals surface area contributed by atoms with E-state index in [9.17, 15) is 149 Å². The Hall–Kier alpha value is -11.9. The summed E-state index contributed by atoms with van der Waals surface area (Å²) in [5.74, 6) is -16.7. The first-order chi connectivity index (χ1) is 66.4. The zero-order valence-electron chi connectivity index (χ0n) is 76.7. The number of aromatic nitrogens is 6. The molecule has 0 saturated carbocycles. The van der Waals surface area contributed by atoms with Crippen LogP contribution in [0.4, 0.5) is 11.6 Å². The van der Waals surface area contributed by atoms with Crippen LogP contribution >= 0.6 is 21.6 Å². The molecule has 6 heterocycles. The highest BCUT2D eigenvalue weighted by Crippen LogP contribution is 2.27. The van der Waals surface area contributed by atoms with Gasteiger partial charge in [-0.3, -0.25) is 81.9 Å². The van der Waals surface area contributed by atoms with E-state index >= 15 is 0 Å². The van der Waals surface area contributed by atoms with Crippen LogP contribution in [0, 0.1) is 5.92 Å². The third-order valence-electron chi connectivity index (χ3n) is 22.0. The number of amides is 12. The van der Waals surface area contributed by atoms with Gasteiger partial charge in [0, 0.05) is 99.4 Å². The van der Waals surface area contributed by atoms with Gasteiger partial charge in [0.1, 0.15) is 90.8 Å². The Morgan fingerprint density at radius 1 is 0.600 bits per heavy atom. The van der Waals surface area contributed by atoms with Gasteiger partial charge in [-0.15, -0.1) is 0 Å². The van der Waals surface area contributed by atoms with Crippen molar-refractivity contribution in [3.05, 3.63) is 112 Å². The molecule has 4 bridgehead atoms. The number of aliphatic hydroxyl groups excluding tert-OH is 13. The monoisotopic (exact) mass is 2010 g/mol. The van der Waals surface area contributed by atoms with Crippen LogP contribution in [0.15, 0.2) is 78.0 Å². The number of rotatable bonds is 45. The molecule has 12 amide bonds. The topological polar surface area (TPSA) is 841 Å². The molecule has 770 valence electrons. The molecular weight excluding hydrogens is 1890 g/mol. The van der Waals surface area contributed by atoms with Crippen molar-refractivity contribution in [3.63, 3.8) is 0 Å². The molecule has 21 atom stereocenters. The Kier molecular flexibility index (Phi) is 47.4. The van der Waals surface area contributed by atoms with Crippen molar-refractivity contribution in [3.8, 4) is 0 Å². The molecule has 31 N–H and O–H groups in total. The number of anilines is 2. The van der Waals surface area contributed by atoms with Crippen LogP contribution in [0.2, 0.25) is 0 Å². The standard InChI is InChI=1S/C85H123BN20O32S2/c1-40(2)26-61-86-137-37-60(138-86)74(127)71(124)57(111)34-93-63(115)22-16-49(77(129)96-42(4)38-139-140-39-47-30-90-54(31-89-47)83(135)103-53(82(134)104-61)27-43-8-6-5-7-9-43)99-80(132)52(19-25-67(120)121)102-79(131)50(17-23-64(116)92-33-56(110)70(123)73(126)59(113)36-108)100-81(133)51(18-24-66(118)119)101-78(130)48(15-21-62(114)91-32-55(109)69(122)72(125)58(112)35-107)98-65(117)20-10-41(3)95-76(128)44-11-13-45(14-12-44)88-28-46-29-94-75-68(97-46)84(136)106-85(87)105-75/h5-9,11-14,29-31,40-42,48-53,55-61,69-74,88,107-113,122-127H,10,15-28,32-39H2,1-4H3,(H,91,114)(H,92,116)(H,93,115)(H,95,128)(H,96,129)(H,98,117)(H,99,132)(H,100,133)(H,101,130)(H,102,131)(H,103,135)(H,104,134)(H,118,119)(H,120,121)(H3,87,94,105,106,136)/t41-,42-,48+,49+,50+,51+,52+,53+,55+,56+,57+,58-,59-,60-,61+,69-,70-,71-,72-,73-,74-/m1/s1. The summed E-state index contributed by atoms with van der Waals surface area (Å²) in [6.07, 6.45) is -28.6. The van der Waals surface area contributed by atoms with Gasteiger partial charge in [-0.05, 0) is 94.5 Å². The Morgan fingerprint density at radius 2 is 1.16 bits per heavy atom. The number of H-pyrrole nitrogens is 1. The van der Waals surface area contributed by atoms with E-state index in [-0.39, 0.29) is 78.2 Å². The molecule has 3 aromatic heterocycles. The lowest BCUT2D eigenvalue weighted by Gasteiger charge is -2.28. The van der Waals surface area contributed by atoms with Crippen molar-refractivity contribution in [1.82, 2.24) is 93.7 Å². The van der Waals surface area contributed by atoms with E-state index in [1.165, 1.54) is 59.2 Å². The van der Waals surface area contributed by atoms with Gasteiger partial charge in [0.15, 0.2) is 11.2 Å². The van der Waals surface area contributed by atoms with E-state index in [0.29, 0.717) is 22.6 Å². The lowest BCUT2D eigenvalue weighted by Crippen LogP contribution is -2.59. The SMILES string of the molecule is CC(C)C[C@@H]1NC(=O)[C@H](Cc2ccccc2)NC(=O)c2cnc(cn2)CSSC[C@@H](C)NC(=O)[C@@H](NC(=O)[C@H](CCC(=O)O)NC(=O)[C@H](CCC(=O)NC[C@H](O)[C@@H](O)[C@H](O)[C@H](O)CO)NC(=O)[C@H](CCC(=O)O)NC(=O)[C@H](CCC(=O)NC[C@H](O)[C@@H](O)[C@H](O)[C@H](O)CO)NC(=O)CC[C@@H](C)NC(=O)c2ccc(NCc3cnc4nc(N)[nH]c(=O)c4n3)cc2)CCC(=O)NC[C@H](O)[C@@H](O)[C@H](O)[C@H]2COB1O2. The highest BCUT2D eigenvalue weighted by atomic mass is 33.1. The molecule has 1 saturated heterocycles. The average molecular weight is 2010 g/mol. The minimum atomic E-state index is -2.21. The number of benzene rings is 2. The molecule has 8 rings (SSSR count). The van der Waals surface area contributed by atoms with Gasteiger partial charge < -0.3 is 161 Å². The number of fused-ring (bicyclic) bond motifs is 23. The first-order valence-electron chi connectivity index (χ1n) is 44.8. The number of hydrogen-bond acceptors (Lipinski definition) is 39. The first kappa shape index (κ1) is 115. The smallest absolute Gasteiger partial charge is 0.481 e. The molecule has 0 unspecified atom stereocenters. The molecule has 0 radical (unpaired) electrons. The van der Waals surface area contributed by atoms with Crippen molar-refractivity contribution >= 4 is 134 Å². The fourth-order valence-electron chi connectivity index (χ4n) is 14.0. The van der Waals surface area contributed by atoms with Gasteiger partial charge in [-0.2, -0.15) is 4.98 Å². The molecule has 3 aliphatic heterocycles. The number of carbonyl (C=O) groups is 14. The summed E-state index contributed by atoms with van der Waals surface area (Å²) in [7, 11) is 1.20. The normalized spacial score (nSPS) is 21.0. The second-order valence-corrected chi connectivity index (χ2v) is 36.4. The summed E-state index contributed by atoms with van der Waals surface area (Å²) in [6.45, 7) is 1.83. The summed E-state index contributed by atoms with van der Waals surface area (Å²) in [6, 6.07) is 1.99. The predicted octanol–water partition coefficient (Wildman–Crippen LogP) is -9.19. The molecular formula is C85H123BN20O32S2. The van der Waals surface area contributed by atoms with E-state index in [1.54, 1.807) is 49.4 Å². The zero-order valence-corrected chi connectivity index (χ0v) is 78.4. The van der Waals surface area contributed by atoms with E-state index in [0.717, 1.165) is 0 Å². The maximum Gasteiger partial charge on any atom is 0.481 e. The van der Waals surface area contributed by atoms with Gasteiger partial charge in [0.2, 0.25) is 65.0 Å². The van der Waals surface area contributed by atoms with Gasteiger partial charge in [-0.1, -0.05) is 65.8 Å². The van der Waals surface area contributed by atoms with Gasteiger partial charge in [0.25, 0.3) is 17.4 Å².